The normalized spacial score (nSPS) is 21.4. The van der Waals surface area contributed by atoms with Crippen LogP contribution in [0.2, 0.25) is 0 Å². The summed E-state index contributed by atoms with van der Waals surface area (Å²) in [5.41, 5.74) is 0.301. The lowest BCUT2D eigenvalue weighted by Crippen LogP contribution is -2.29. The van der Waals surface area contributed by atoms with Gasteiger partial charge in [-0.15, -0.1) is 0 Å². The quantitative estimate of drug-likeness (QED) is 0.396. The van der Waals surface area contributed by atoms with Crippen molar-refractivity contribution in [3.05, 3.63) is 65.9 Å². The number of ketones is 1. The van der Waals surface area contributed by atoms with Gasteiger partial charge >= 0.3 is 5.97 Å². The van der Waals surface area contributed by atoms with E-state index in [1.54, 1.807) is 19.2 Å². The number of para-hydroxylation sites is 1. The Morgan fingerprint density at radius 2 is 1.81 bits per heavy atom. The molecule has 1 saturated carbocycles. The van der Waals surface area contributed by atoms with Crippen molar-refractivity contribution in [3.8, 4) is 5.75 Å². The number of fused-ring (bicyclic) bond motifs is 1. The summed E-state index contributed by atoms with van der Waals surface area (Å²) in [5, 5.41) is 0.831. The molecule has 2 atom stereocenters. The van der Waals surface area contributed by atoms with Gasteiger partial charge in [0.25, 0.3) is 0 Å². The minimum Gasteiger partial charge on any atom is -0.497 e. The first kappa shape index (κ1) is 16.4. The van der Waals surface area contributed by atoms with Gasteiger partial charge in [0.05, 0.1) is 14.2 Å². The van der Waals surface area contributed by atoms with Crippen molar-refractivity contribution in [1.29, 1.82) is 0 Å². The maximum absolute atomic E-state index is 13.2. The van der Waals surface area contributed by atoms with Gasteiger partial charge in [0.15, 0.2) is 5.76 Å². The lowest BCUT2D eigenvalue weighted by atomic mass is 9.92. The highest BCUT2D eigenvalue weighted by Crippen LogP contribution is 2.62. The van der Waals surface area contributed by atoms with Gasteiger partial charge in [0, 0.05) is 11.3 Å². The van der Waals surface area contributed by atoms with Gasteiger partial charge in [0.1, 0.15) is 16.7 Å². The summed E-state index contributed by atoms with van der Waals surface area (Å²) in [6.45, 7) is 0. The second-order valence-electron chi connectivity index (χ2n) is 6.47. The van der Waals surface area contributed by atoms with Crippen LogP contribution in [0.3, 0.4) is 0 Å². The van der Waals surface area contributed by atoms with Crippen molar-refractivity contribution in [3.63, 3.8) is 0 Å². The average Bonchev–Trinajstić information content (AvgIpc) is 3.30. The first-order valence-corrected chi connectivity index (χ1v) is 8.36. The van der Waals surface area contributed by atoms with Crippen LogP contribution in [-0.4, -0.2) is 26.0 Å². The van der Waals surface area contributed by atoms with Crippen LogP contribution in [0.25, 0.3) is 11.0 Å². The lowest BCUT2D eigenvalue weighted by Gasteiger charge is -2.13. The van der Waals surface area contributed by atoms with Crippen LogP contribution >= 0.6 is 0 Å². The zero-order valence-electron chi connectivity index (χ0n) is 14.5. The number of furan rings is 1. The maximum Gasteiger partial charge on any atom is 0.320 e. The molecule has 0 bridgehead atoms. The number of esters is 1. The molecule has 132 valence electrons. The Bertz CT molecular complexity index is 952. The number of rotatable bonds is 5. The average molecular weight is 350 g/mol. The molecule has 4 rings (SSSR count). The molecule has 5 nitrogen and oxygen atoms in total. The van der Waals surface area contributed by atoms with Crippen LogP contribution in [0.4, 0.5) is 0 Å². The molecule has 0 saturated heterocycles. The van der Waals surface area contributed by atoms with Crippen LogP contribution in [0.1, 0.15) is 28.5 Å². The number of Topliss-reactive ketones (excluding diaryl/α,β-unsaturated/α-hetero) is 1. The third-order valence-corrected chi connectivity index (χ3v) is 5.08. The standard InChI is InChI=1S/C21H18O5/c1-24-15-9-7-13(8-10-15)16-12-21(16,20(23)25-2)19(22)18-11-14-5-3-4-6-17(14)26-18/h3-11,16H,12H2,1-2H3. The monoisotopic (exact) mass is 350 g/mol. The van der Waals surface area contributed by atoms with E-state index in [1.807, 2.05) is 42.5 Å². The molecule has 26 heavy (non-hydrogen) atoms. The number of hydrogen-bond donors (Lipinski definition) is 0. The molecule has 2 unspecified atom stereocenters. The van der Waals surface area contributed by atoms with Gasteiger partial charge in [-0.1, -0.05) is 30.3 Å². The SMILES string of the molecule is COC(=O)C1(C(=O)c2cc3ccccc3o2)CC1c1ccc(OC)cc1. The number of carbonyl (C=O) groups excluding carboxylic acids is 2. The number of benzene rings is 2. The highest BCUT2D eigenvalue weighted by atomic mass is 16.5. The van der Waals surface area contributed by atoms with E-state index in [2.05, 4.69) is 0 Å². The molecule has 1 aromatic heterocycles. The molecule has 0 radical (unpaired) electrons. The van der Waals surface area contributed by atoms with E-state index in [4.69, 9.17) is 13.9 Å². The van der Waals surface area contributed by atoms with Crippen molar-refractivity contribution in [1.82, 2.24) is 0 Å². The van der Waals surface area contributed by atoms with E-state index in [0.717, 1.165) is 16.7 Å². The molecule has 0 N–H and O–H groups in total. The Balaban J connectivity index is 1.71. The number of ether oxygens (including phenoxy) is 2. The largest absolute Gasteiger partial charge is 0.497 e. The second kappa shape index (κ2) is 6.02. The van der Waals surface area contributed by atoms with Crippen LogP contribution in [0.15, 0.2) is 59.0 Å². The van der Waals surface area contributed by atoms with Crippen LogP contribution in [0, 0.1) is 5.41 Å². The Hall–Kier alpha value is -3.08. The number of hydrogen-bond acceptors (Lipinski definition) is 5. The van der Waals surface area contributed by atoms with E-state index in [0.29, 0.717) is 12.0 Å². The Morgan fingerprint density at radius 3 is 2.46 bits per heavy atom. The molecule has 0 amide bonds. The van der Waals surface area contributed by atoms with Crippen molar-refractivity contribution in [2.45, 2.75) is 12.3 Å². The molecule has 1 fully saturated rings. The molecular formula is C21H18O5. The Kier molecular flexibility index (Phi) is 3.80. The summed E-state index contributed by atoms with van der Waals surface area (Å²) in [4.78, 5) is 25.7. The van der Waals surface area contributed by atoms with Gasteiger partial charge < -0.3 is 13.9 Å². The van der Waals surface area contributed by atoms with E-state index in [1.165, 1.54) is 7.11 Å². The zero-order valence-corrected chi connectivity index (χ0v) is 14.5. The first-order chi connectivity index (χ1) is 12.6. The van der Waals surface area contributed by atoms with E-state index in [-0.39, 0.29) is 17.5 Å². The smallest absolute Gasteiger partial charge is 0.320 e. The Morgan fingerprint density at radius 1 is 1.08 bits per heavy atom. The van der Waals surface area contributed by atoms with E-state index in [9.17, 15) is 9.59 Å². The highest BCUT2D eigenvalue weighted by molar-refractivity contribution is 6.16. The number of methoxy groups -OCH3 is 2. The number of carbonyl (C=O) groups is 2. The maximum atomic E-state index is 13.2. The fourth-order valence-corrected chi connectivity index (χ4v) is 3.57. The fraction of sp³-hybridized carbons (Fsp3) is 0.238. The second-order valence-corrected chi connectivity index (χ2v) is 6.47. The zero-order chi connectivity index (χ0) is 18.3. The molecule has 1 aliphatic carbocycles. The third-order valence-electron chi connectivity index (χ3n) is 5.08. The predicted molar refractivity (Wildman–Crippen MR) is 95.3 cm³/mol. The van der Waals surface area contributed by atoms with Gasteiger partial charge in [-0.25, -0.2) is 0 Å². The molecule has 1 heterocycles. The third kappa shape index (κ3) is 2.39. The van der Waals surface area contributed by atoms with Crippen molar-refractivity contribution >= 4 is 22.7 Å². The van der Waals surface area contributed by atoms with Crippen molar-refractivity contribution < 1.29 is 23.5 Å². The summed E-state index contributed by atoms with van der Waals surface area (Å²) in [7, 11) is 2.90. The molecule has 5 heteroatoms. The van der Waals surface area contributed by atoms with Crippen LogP contribution < -0.4 is 4.74 Å². The van der Waals surface area contributed by atoms with Gasteiger partial charge in [0.2, 0.25) is 5.78 Å². The van der Waals surface area contributed by atoms with Gasteiger partial charge in [-0.3, -0.25) is 9.59 Å². The molecule has 3 aromatic rings. The first-order valence-electron chi connectivity index (χ1n) is 8.36. The molecular weight excluding hydrogens is 332 g/mol. The summed E-state index contributed by atoms with van der Waals surface area (Å²) in [6.07, 6.45) is 0.405. The Labute approximate surface area is 150 Å². The highest BCUT2D eigenvalue weighted by Gasteiger charge is 2.67. The predicted octanol–water partition coefficient (Wildman–Crippen LogP) is 3.97. The van der Waals surface area contributed by atoms with Crippen molar-refractivity contribution in [2.75, 3.05) is 14.2 Å². The van der Waals surface area contributed by atoms with Crippen LogP contribution in [-0.2, 0) is 9.53 Å². The van der Waals surface area contributed by atoms with E-state index >= 15 is 0 Å². The summed E-state index contributed by atoms with van der Waals surface area (Å²) < 4.78 is 15.8. The topological polar surface area (TPSA) is 65.7 Å². The fourth-order valence-electron chi connectivity index (χ4n) is 3.57. The molecule has 2 aromatic carbocycles. The van der Waals surface area contributed by atoms with E-state index < -0.39 is 11.4 Å². The minimum absolute atomic E-state index is 0.188. The lowest BCUT2D eigenvalue weighted by molar-refractivity contribution is -0.145. The van der Waals surface area contributed by atoms with Gasteiger partial charge in [-0.2, -0.15) is 0 Å². The summed E-state index contributed by atoms with van der Waals surface area (Å²) in [6, 6.07) is 16.5. The molecule has 0 aliphatic heterocycles. The van der Waals surface area contributed by atoms with Crippen molar-refractivity contribution in [2.24, 2.45) is 5.41 Å². The summed E-state index contributed by atoms with van der Waals surface area (Å²) >= 11 is 0. The molecule has 1 aliphatic rings. The van der Waals surface area contributed by atoms with Crippen LogP contribution in [0.5, 0.6) is 5.75 Å². The molecule has 0 spiro atoms. The summed E-state index contributed by atoms with van der Waals surface area (Å²) in [5.74, 6) is -0.180. The minimum atomic E-state index is -1.22. The van der Waals surface area contributed by atoms with Gasteiger partial charge in [-0.05, 0) is 36.2 Å².